The van der Waals surface area contributed by atoms with E-state index in [4.69, 9.17) is 16.3 Å². The maximum atomic E-state index is 12.3. The second-order valence-electron chi connectivity index (χ2n) is 4.36. The fourth-order valence-electron chi connectivity index (χ4n) is 1.96. The summed E-state index contributed by atoms with van der Waals surface area (Å²) in [4.78, 5) is 12.3. The van der Waals surface area contributed by atoms with Gasteiger partial charge in [-0.15, -0.1) is 0 Å². The second-order valence-corrected chi connectivity index (χ2v) is 4.76. The van der Waals surface area contributed by atoms with Gasteiger partial charge >= 0.3 is 6.61 Å². The van der Waals surface area contributed by atoms with Gasteiger partial charge in [-0.3, -0.25) is 9.48 Å². The zero-order valence-electron chi connectivity index (χ0n) is 12.3. The lowest BCUT2D eigenvalue weighted by Gasteiger charge is -2.12. The van der Waals surface area contributed by atoms with Crippen molar-refractivity contribution in [1.82, 2.24) is 9.78 Å². The van der Waals surface area contributed by atoms with Crippen LogP contribution in [0, 0.1) is 0 Å². The number of methoxy groups -OCH3 is 1. The monoisotopic (exact) mass is 345 g/mol. The van der Waals surface area contributed by atoms with Crippen molar-refractivity contribution >= 4 is 23.2 Å². The number of ether oxygens (including phenoxy) is 2. The molecule has 1 heterocycles. The first-order valence-corrected chi connectivity index (χ1v) is 6.99. The predicted octanol–water partition coefficient (Wildman–Crippen LogP) is 3.42. The lowest BCUT2D eigenvalue weighted by molar-refractivity contribution is -0.0512. The Morgan fingerprint density at radius 3 is 2.78 bits per heavy atom. The average Bonchev–Trinajstić information content (AvgIpc) is 2.89. The molecule has 1 amide bonds. The van der Waals surface area contributed by atoms with Crippen molar-refractivity contribution in [2.75, 3.05) is 12.4 Å². The Balaban J connectivity index is 2.23. The Hall–Kier alpha value is -2.35. The van der Waals surface area contributed by atoms with Crippen LogP contribution >= 0.6 is 11.6 Å². The maximum Gasteiger partial charge on any atom is 0.387 e. The molecular formula is C14H14ClF2N3O3. The van der Waals surface area contributed by atoms with Crippen molar-refractivity contribution in [2.24, 2.45) is 0 Å². The van der Waals surface area contributed by atoms with E-state index >= 15 is 0 Å². The van der Waals surface area contributed by atoms with E-state index in [1.54, 1.807) is 0 Å². The van der Waals surface area contributed by atoms with Crippen molar-refractivity contribution in [1.29, 1.82) is 0 Å². The zero-order valence-corrected chi connectivity index (χ0v) is 13.1. The number of aromatic nitrogens is 2. The standard InChI is InChI=1S/C14H14ClF2N3O3/c1-3-20-12(9(15)7-18-20)13(21)19-8-4-5-10(23-14(16)17)11(6-8)22-2/h4-7,14H,3H2,1-2H3,(H,19,21). The zero-order chi connectivity index (χ0) is 17.0. The number of aryl methyl sites for hydroxylation is 1. The molecule has 0 aliphatic rings. The maximum absolute atomic E-state index is 12.3. The Kier molecular flexibility index (Phi) is 5.38. The fraction of sp³-hybridized carbons (Fsp3) is 0.286. The summed E-state index contributed by atoms with van der Waals surface area (Å²) in [6, 6.07) is 4.06. The van der Waals surface area contributed by atoms with Gasteiger partial charge in [-0.1, -0.05) is 11.6 Å². The molecule has 9 heteroatoms. The van der Waals surface area contributed by atoms with E-state index in [0.29, 0.717) is 12.2 Å². The Labute approximate surface area is 135 Å². The van der Waals surface area contributed by atoms with E-state index < -0.39 is 12.5 Å². The van der Waals surface area contributed by atoms with Gasteiger partial charge in [0.2, 0.25) is 0 Å². The van der Waals surface area contributed by atoms with Gasteiger partial charge in [0, 0.05) is 18.3 Å². The molecule has 0 saturated heterocycles. The van der Waals surface area contributed by atoms with Gasteiger partial charge in [0.05, 0.1) is 18.3 Å². The van der Waals surface area contributed by atoms with E-state index in [9.17, 15) is 13.6 Å². The molecule has 1 N–H and O–H groups in total. The van der Waals surface area contributed by atoms with Crippen LogP contribution in [0.25, 0.3) is 0 Å². The number of hydrogen-bond acceptors (Lipinski definition) is 4. The molecule has 0 radical (unpaired) electrons. The fourth-order valence-corrected chi connectivity index (χ4v) is 2.18. The van der Waals surface area contributed by atoms with Gasteiger partial charge in [-0.25, -0.2) is 0 Å². The normalized spacial score (nSPS) is 10.7. The number of carbonyl (C=O) groups is 1. The van der Waals surface area contributed by atoms with Gasteiger partial charge in [0.25, 0.3) is 5.91 Å². The molecule has 124 valence electrons. The molecule has 0 unspecified atom stereocenters. The number of amides is 1. The summed E-state index contributed by atoms with van der Waals surface area (Å²) in [5.74, 6) is -0.533. The third kappa shape index (κ3) is 3.89. The number of alkyl halides is 2. The minimum absolute atomic E-state index is 0.0678. The van der Waals surface area contributed by atoms with Crippen LogP contribution in [-0.2, 0) is 6.54 Å². The van der Waals surface area contributed by atoms with E-state index in [-0.39, 0.29) is 22.2 Å². The van der Waals surface area contributed by atoms with Crippen molar-refractivity contribution in [3.63, 3.8) is 0 Å². The quantitative estimate of drug-likeness (QED) is 0.871. The van der Waals surface area contributed by atoms with Gasteiger partial charge in [-0.05, 0) is 19.1 Å². The Morgan fingerprint density at radius 2 is 2.17 bits per heavy atom. The minimum Gasteiger partial charge on any atom is -0.493 e. The van der Waals surface area contributed by atoms with Gasteiger partial charge in [0.1, 0.15) is 5.69 Å². The number of benzene rings is 1. The van der Waals surface area contributed by atoms with Crippen LogP contribution in [0.2, 0.25) is 5.02 Å². The molecule has 1 aromatic carbocycles. The molecule has 6 nitrogen and oxygen atoms in total. The van der Waals surface area contributed by atoms with Crippen LogP contribution in [0.3, 0.4) is 0 Å². The first-order chi connectivity index (χ1) is 11.0. The van der Waals surface area contributed by atoms with Crippen LogP contribution in [0.15, 0.2) is 24.4 Å². The minimum atomic E-state index is -2.97. The second kappa shape index (κ2) is 7.28. The molecule has 1 aromatic heterocycles. The molecule has 2 aromatic rings. The number of nitrogens with zero attached hydrogens (tertiary/aromatic N) is 2. The molecule has 0 spiro atoms. The summed E-state index contributed by atoms with van der Waals surface area (Å²) in [7, 11) is 1.31. The molecule has 23 heavy (non-hydrogen) atoms. The Morgan fingerprint density at radius 1 is 1.43 bits per heavy atom. The largest absolute Gasteiger partial charge is 0.493 e. The molecule has 0 fully saturated rings. The molecular weight excluding hydrogens is 332 g/mol. The van der Waals surface area contributed by atoms with Crippen LogP contribution in [-0.4, -0.2) is 29.4 Å². The van der Waals surface area contributed by atoms with E-state index in [1.807, 2.05) is 6.92 Å². The summed E-state index contributed by atoms with van der Waals surface area (Å²) in [5.41, 5.74) is 0.550. The van der Waals surface area contributed by atoms with Crippen LogP contribution in [0.1, 0.15) is 17.4 Å². The van der Waals surface area contributed by atoms with Crippen molar-refractivity contribution < 1.29 is 23.0 Å². The highest BCUT2D eigenvalue weighted by Crippen LogP contribution is 2.31. The molecule has 0 atom stereocenters. The lowest BCUT2D eigenvalue weighted by Crippen LogP contribution is -2.18. The number of anilines is 1. The number of nitrogens with one attached hydrogen (secondary N) is 1. The van der Waals surface area contributed by atoms with Crippen LogP contribution in [0.4, 0.5) is 14.5 Å². The molecule has 0 aliphatic carbocycles. The highest BCUT2D eigenvalue weighted by atomic mass is 35.5. The van der Waals surface area contributed by atoms with Gasteiger partial charge in [0.15, 0.2) is 11.5 Å². The molecule has 0 bridgehead atoms. The molecule has 0 aliphatic heterocycles. The van der Waals surface area contributed by atoms with E-state index in [0.717, 1.165) is 0 Å². The van der Waals surface area contributed by atoms with Crippen molar-refractivity contribution in [2.45, 2.75) is 20.1 Å². The summed E-state index contributed by atoms with van der Waals surface area (Å²) in [5, 5.41) is 6.80. The molecule has 0 saturated carbocycles. The van der Waals surface area contributed by atoms with Crippen LogP contribution in [0.5, 0.6) is 11.5 Å². The SMILES string of the molecule is CCn1ncc(Cl)c1C(=O)Nc1ccc(OC(F)F)c(OC)c1. The highest BCUT2D eigenvalue weighted by Gasteiger charge is 2.18. The average molecular weight is 346 g/mol. The number of rotatable bonds is 6. The van der Waals surface area contributed by atoms with Crippen molar-refractivity contribution in [3.8, 4) is 11.5 Å². The van der Waals surface area contributed by atoms with Gasteiger partial charge in [-0.2, -0.15) is 13.9 Å². The van der Waals surface area contributed by atoms with Gasteiger partial charge < -0.3 is 14.8 Å². The third-order valence-corrected chi connectivity index (χ3v) is 3.22. The third-order valence-electron chi connectivity index (χ3n) is 2.95. The first-order valence-electron chi connectivity index (χ1n) is 6.61. The topological polar surface area (TPSA) is 65.4 Å². The Bertz CT molecular complexity index is 707. The summed E-state index contributed by atoms with van der Waals surface area (Å²) < 4.78 is 35.3. The molecule has 2 rings (SSSR count). The van der Waals surface area contributed by atoms with E-state index in [1.165, 1.54) is 36.2 Å². The smallest absolute Gasteiger partial charge is 0.387 e. The number of carbonyl (C=O) groups excluding carboxylic acids is 1. The first kappa shape index (κ1) is 17.0. The summed E-state index contributed by atoms with van der Waals surface area (Å²) >= 11 is 5.95. The lowest BCUT2D eigenvalue weighted by atomic mass is 10.2. The van der Waals surface area contributed by atoms with E-state index in [2.05, 4.69) is 15.2 Å². The number of halogens is 3. The predicted molar refractivity (Wildman–Crippen MR) is 80.5 cm³/mol. The summed E-state index contributed by atoms with van der Waals surface area (Å²) in [6.07, 6.45) is 1.38. The van der Waals surface area contributed by atoms with Crippen molar-refractivity contribution in [3.05, 3.63) is 35.1 Å². The number of hydrogen-bond donors (Lipinski definition) is 1. The highest BCUT2D eigenvalue weighted by molar-refractivity contribution is 6.34. The van der Waals surface area contributed by atoms with Crippen LogP contribution < -0.4 is 14.8 Å². The summed E-state index contributed by atoms with van der Waals surface area (Å²) in [6.45, 7) is -0.679.